The molecule has 124 valence electrons. The maximum atomic E-state index is 13.0. The zero-order valence-electron chi connectivity index (χ0n) is 13.4. The van der Waals surface area contributed by atoms with Crippen LogP contribution in [0.25, 0.3) is 16.6 Å². The summed E-state index contributed by atoms with van der Waals surface area (Å²) in [5, 5.41) is 29.2. The highest BCUT2D eigenvalue weighted by Crippen LogP contribution is 2.27. The fourth-order valence-electron chi connectivity index (χ4n) is 2.69. The fraction of sp³-hybridized carbons (Fsp3) is 0.222. The third kappa shape index (κ3) is 2.78. The summed E-state index contributed by atoms with van der Waals surface area (Å²) in [7, 11) is 0. The number of hydrogen-bond acceptors (Lipinski definition) is 5. The fourth-order valence-corrected chi connectivity index (χ4v) is 2.69. The highest BCUT2D eigenvalue weighted by atomic mass is 16.3. The molecule has 3 N–H and O–H groups in total. The van der Waals surface area contributed by atoms with Gasteiger partial charge in [0.25, 0.3) is 5.56 Å². The normalized spacial score (nSPS) is 11.3. The zero-order valence-corrected chi connectivity index (χ0v) is 13.4. The molecule has 0 amide bonds. The van der Waals surface area contributed by atoms with Crippen LogP contribution >= 0.6 is 0 Å². The smallest absolute Gasteiger partial charge is 0.269 e. The number of hydrogen-bond donors (Lipinski definition) is 3. The van der Waals surface area contributed by atoms with Crippen molar-refractivity contribution in [1.29, 1.82) is 0 Å². The zero-order chi connectivity index (χ0) is 17.4. The van der Waals surface area contributed by atoms with Crippen molar-refractivity contribution in [2.24, 2.45) is 5.92 Å². The molecule has 1 aromatic heterocycles. The summed E-state index contributed by atoms with van der Waals surface area (Å²) < 4.78 is 1.43. The quantitative estimate of drug-likeness (QED) is 0.688. The second-order valence-corrected chi connectivity index (χ2v) is 6.14. The van der Waals surface area contributed by atoms with Crippen LogP contribution in [0.15, 0.2) is 41.2 Å². The van der Waals surface area contributed by atoms with Gasteiger partial charge < -0.3 is 15.3 Å². The van der Waals surface area contributed by atoms with Gasteiger partial charge in [-0.15, -0.1) is 0 Å². The van der Waals surface area contributed by atoms with Gasteiger partial charge in [0.2, 0.25) is 0 Å². The Hall–Kier alpha value is -3.02. The van der Waals surface area contributed by atoms with Crippen molar-refractivity contribution < 1.29 is 15.3 Å². The van der Waals surface area contributed by atoms with E-state index >= 15 is 0 Å². The molecule has 0 radical (unpaired) electrons. The Morgan fingerprint density at radius 3 is 2.33 bits per heavy atom. The van der Waals surface area contributed by atoms with Crippen LogP contribution in [0.1, 0.15) is 19.7 Å². The summed E-state index contributed by atoms with van der Waals surface area (Å²) >= 11 is 0. The standard InChI is InChI=1S/C18H18N2O4/c1-10(2)7-16-19-14-8-13(22)9-15(23)17(14)18(24)20(16)11-3-5-12(21)6-4-11/h3-6,8-10,21-23H,7H2,1-2H3. The molecule has 0 spiro atoms. The summed E-state index contributed by atoms with van der Waals surface area (Å²) in [6.07, 6.45) is 0.544. The lowest BCUT2D eigenvalue weighted by molar-refractivity contribution is 0.454. The van der Waals surface area contributed by atoms with Gasteiger partial charge in [-0.2, -0.15) is 0 Å². The molecule has 0 aliphatic heterocycles. The van der Waals surface area contributed by atoms with Crippen LogP contribution in [-0.4, -0.2) is 24.9 Å². The number of phenols is 3. The topological polar surface area (TPSA) is 95.6 Å². The van der Waals surface area contributed by atoms with Gasteiger partial charge in [0.05, 0.1) is 11.2 Å². The molecular weight excluding hydrogens is 308 g/mol. The van der Waals surface area contributed by atoms with E-state index in [1.54, 1.807) is 12.1 Å². The first-order valence-electron chi connectivity index (χ1n) is 7.64. The summed E-state index contributed by atoms with van der Waals surface area (Å²) in [6.45, 7) is 4.02. The number of benzene rings is 2. The molecule has 6 heteroatoms. The molecule has 0 atom stereocenters. The van der Waals surface area contributed by atoms with Crippen molar-refractivity contribution in [2.45, 2.75) is 20.3 Å². The molecule has 3 rings (SSSR count). The van der Waals surface area contributed by atoms with Gasteiger partial charge >= 0.3 is 0 Å². The van der Waals surface area contributed by atoms with Crippen LogP contribution in [0, 0.1) is 5.92 Å². The van der Waals surface area contributed by atoms with Gasteiger partial charge in [-0.1, -0.05) is 13.8 Å². The maximum Gasteiger partial charge on any atom is 0.269 e. The average molecular weight is 326 g/mol. The van der Waals surface area contributed by atoms with Gasteiger partial charge in [-0.25, -0.2) is 4.98 Å². The first-order chi connectivity index (χ1) is 11.4. The van der Waals surface area contributed by atoms with E-state index in [-0.39, 0.29) is 34.1 Å². The van der Waals surface area contributed by atoms with E-state index in [1.807, 2.05) is 13.8 Å². The summed E-state index contributed by atoms with van der Waals surface area (Å²) in [4.78, 5) is 17.4. The van der Waals surface area contributed by atoms with Crippen LogP contribution < -0.4 is 5.56 Å². The molecule has 0 saturated carbocycles. The molecule has 0 fully saturated rings. The third-order valence-electron chi connectivity index (χ3n) is 3.70. The lowest BCUT2D eigenvalue weighted by Gasteiger charge is -2.15. The van der Waals surface area contributed by atoms with Gasteiger partial charge in [0, 0.05) is 18.6 Å². The van der Waals surface area contributed by atoms with Crippen molar-refractivity contribution in [3.8, 4) is 22.9 Å². The minimum absolute atomic E-state index is 0.0494. The van der Waals surface area contributed by atoms with Crippen molar-refractivity contribution in [3.05, 3.63) is 52.6 Å². The Balaban J connectivity index is 2.38. The van der Waals surface area contributed by atoms with Crippen molar-refractivity contribution in [3.63, 3.8) is 0 Å². The molecule has 1 heterocycles. The van der Waals surface area contributed by atoms with Crippen LogP contribution in [0.2, 0.25) is 0 Å². The molecule has 0 bridgehead atoms. The minimum atomic E-state index is -0.418. The highest BCUT2D eigenvalue weighted by molar-refractivity contribution is 5.85. The molecule has 0 aliphatic rings. The predicted octanol–water partition coefficient (Wildman–Crippen LogP) is 2.70. The van der Waals surface area contributed by atoms with Crippen molar-refractivity contribution >= 4 is 10.9 Å². The van der Waals surface area contributed by atoms with E-state index in [0.717, 1.165) is 6.07 Å². The van der Waals surface area contributed by atoms with Crippen molar-refractivity contribution in [1.82, 2.24) is 9.55 Å². The second kappa shape index (κ2) is 5.88. The van der Waals surface area contributed by atoms with Gasteiger partial charge in [-0.05, 0) is 30.2 Å². The molecule has 2 aromatic carbocycles. The van der Waals surface area contributed by atoms with E-state index < -0.39 is 5.56 Å². The van der Waals surface area contributed by atoms with Gasteiger partial charge in [0.1, 0.15) is 28.5 Å². The SMILES string of the molecule is CC(C)Cc1nc2cc(O)cc(O)c2c(=O)n1-c1ccc(O)cc1. The second-order valence-electron chi connectivity index (χ2n) is 6.14. The number of nitrogens with zero attached hydrogens (tertiary/aromatic N) is 2. The highest BCUT2D eigenvalue weighted by Gasteiger charge is 2.17. The van der Waals surface area contributed by atoms with E-state index in [1.165, 1.54) is 22.8 Å². The Bertz CT molecular complexity index is 959. The molecule has 6 nitrogen and oxygen atoms in total. The lowest BCUT2D eigenvalue weighted by atomic mass is 10.1. The third-order valence-corrected chi connectivity index (χ3v) is 3.70. The van der Waals surface area contributed by atoms with Crippen LogP contribution in [-0.2, 0) is 6.42 Å². The first-order valence-corrected chi connectivity index (χ1v) is 7.64. The number of aromatic hydroxyl groups is 3. The summed E-state index contributed by atoms with van der Waals surface area (Å²) in [6, 6.07) is 8.69. The van der Waals surface area contributed by atoms with Crippen molar-refractivity contribution in [2.75, 3.05) is 0 Å². The molecule has 3 aromatic rings. The monoisotopic (exact) mass is 326 g/mol. The average Bonchev–Trinajstić information content (AvgIpc) is 2.47. The largest absolute Gasteiger partial charge is 0.508 e. The molecule has 0 unspecified atom stereocenters. The minimum Gasteiger partial charge on any atom is -0.508 e. The summed E-state index contributed by atoms with van der Waals surface area (Å²) in [5.74, 6) is 0.413. The Labute approximate surface area is 138 Å². The lowest BCUT2D eigenvalue weighted by Crippen LogP contribution is -2.25. The van der Waals surface area contributed by atoms with E-state index in [2.05, 4.69) is 4.98 Å². The van der Waals surface area contributed by atoms with E-state index in [9.17, 15) is 20.1 Å². The van der Waals surface area contributed by atoms with E-state index in [4.69, 9.17) is 0 Å². The molecule has 0 saturated heterocycles. The maximum absolute atomic E-state index is 13.0. The van der Waals surface area contributed by atoms with E-state index in [0.29, 0.717) is 17.9 Å². The molecule has 0 aliphatic carbocycles. The number of phenolic OH excluding ortho intramolecular Hbond substituents is 3. The number of rotatable bonds is 3. The number of fused-ring (bicyclic) bond motifs is 1. The van der Waals surface area contributed by atoms with Crippen LogP contribution in [0.3, 0.4) is 0 Å². The van der Waals surface area contributed by atoms with Crippen LogP contribution in [0.5, 0.6) is 17.2 Å². The summed E-state index contributed by atoms with van der Waals surface area (Å²) in [5.41, 5.74) is 0.386. The van der Waals surface area contributed by atoms with Gasteiger partial charge in [0.15, 0.2) is 0 Å². The van der Waals surface area contributed by atoms with Gasteiger partial charge in [-0.3, -0.25) is 9.36 Å². The Morgan fingerprint density at radius 1 is 1.04 bits per heavy atom. The molecular formula is C18H18N2O4. The number of aromatic nitrogens is 2. The predicted molar refractivity (Wildman–Crippen MR) is 90.9 cm³/mol. The molecule has 24 heavy (non-hydrogen) atoms. The Morgan fingerprint density at radius 2 is 1.71 bits per heavy atom. The van der Waals surface area contributed by atoms with Crippen LogP contribution in [0.4, 0.5) is 0 Å². The first kappa shape index (κ1) is 15.9. The Kier molecular flexibility index (Phi) is 3.89.